The normalized spacial score (nSPS) is 39.9. The molecule has 0 radical (unpaired) electrons. The largest absolute Gasteiger partial charge is 0.368 e. The van der Waals surface area contributed by atoms with Gasteiger partial charge in [0.25, 0.3) is 0 Å². The fourth-order valence-corrected chi connectivity index (χ4v) is 3.37. The molecule has 17 heavy (non-hydrogen) atoms. The summed E-state index contributed by atoms with van der Waals surface area (Å²) >= 11 is 0. The molecule has 3 aliphatic rings. The average Bonchev–Trinajstić information content (AvgIpc) is 2.95. The maximum atomic E-state index is 12.4. The van der Waals surface area contributed by atoms with Gasteiger partial charge in [0.05, 0.1) is 0 Å². The summed E-state index contributed by atoms with van der Waals surface area (Å²) in [5, 5.41) is 3.11. The van der Waals surface area contributed by atoms with Crippen LogP contribution in [-0.4, -0.2) is 42.4 Å². The highest BCUT2D eigenvalue weighted by Crippen LogP contribution is 2.54. The van der Waals surface area contributed by atoms with Crippen LogP contribution >= 0.6 is 0 Å². The van der Waals surface area contributed by atoms with Gasteiger partial charge in [-0.15, -0.1) is 0 Å². The number of hydrogen-bond donors (Lipinski definition) is 2. The molecule has 3 fully saturated rings. The lowest BCUT2D eigenvalue weighted by atomic mass is 10.00. The summed E-state index contributed by atoms with van der Waals surface area (Å²) < 4.78 is 0. The van der Waals surface area contributed by atoms with Crippen molar-refractivity contribution < 1.29 is 9.59 Å². The van der Waals surface area contributed by atoms with Crippen LogP contribution in [0.4, 0.5) is 0 Å². The van der Waals surface area contributed by atoms with Gasteiger partial charge in [0.15, 0.2) is 0 Å². The summed E-state index contributed by atoms with van der Waals surface area (Å²) in [5.74, 6) is 1.49. The fraction of sp³-hybridized carbons (Fsp3) is 0.833. The Balaban J connectivity index is 1.68. The first kappa shape index (κ1) is 11.0. The molecular formula is C12H19N3O2. The van der Waals surface area contributed by atoms with Crippen LogP contribution in [0, 0.1) is 17.8 Å². The molecular weight excluding hydrogens is 218 g/mol. The topological polar surface area (TPSA) is 75.4 Å². The first-order valence-electron chi connectivity index (χ1n) is 6.47. The van der Waals surface area contributed by atoms with Crippen molar-refractivity contribution in [1.29, 1.82) is 0 Å². The highest BCUT2D eigenvalue weighted by molar-refractivity contribution is 5.88. The van der Waals surface area contributed by atoms with E-state index in [-0.39, 0.29) is 11.8 Å². The first-order valence-corrected chi connectivity index (χ1v) is 6.47. The number of amides is 2. The predicted molar refractivity (Wildman–Crippen MR) is 61.9 cm³/mol. The van der Waals surface area contributed by atoms with E-state index in [0.29, 0.717) is 13.1 Å². The predicted octanol–water partition coefficient (Wildman–Crippen LogP) is -0.682. The monoisotopic (exact) mass is 237 g/mol. The molecule has 1 saturated heterocycles. The number of nitrogens with two attached hydrogens (primary N) is 1. The van der Waals surface area contributed by atoms with Gasteiger partial charge in [-0.05, 0) is 31.1 Å². The molecule has 2 saturated carbocycles. The maximum Gasteiger partial charge on any atom is 0.241 e. The second-order valence-electron chi connectivity index (χ2n) is 5.58. The van der Waals surface area contributed by atoms with E-state index in [1.807, 2.05) is 0 Å². The van der Waals surface area contributed by atoms with Gasteiger partial charge < -0.3 is 16.0 Å². The number of hydrogen-bond acceptors (Lipinski definition) is 3. The Morgan fingerprint density at radius 3 is 2.53 bits per heavy atom. The Kier molecular flexibility index (Phi) is 2.58. The standard InChI is InChI=1S/C12H19N3O2/c13-11(16)10-6-14-1-2-15(10)12(17)9-4-7-3-8(7)5-9/h7-10,14H,1-6H2,(H2,13,16). The zero-order chi connectivity index (χ0) is 12.0. The highest BCUT2D eigenvalue weighted by atomic mass is 16.2. The van der Waals surface area contributed by atoms with Crippen LogP contribution in [-0.2, 0) is 9.59 Å². The fourth-order valence-electron chi connectivity index (χ4n) is 3.37. The number of nitrogens with zero attached hydrogens (tertiary/aromatic N) is 1. The molecule has 2 aliphatic carbocycles. The van der Waals surface area contributed by atoms with E-state index in [0.717, 1.165) is 31.2 Å². The van der Waals surface area contributed by atoms with Gasteiger partial charge in [-0.3, -0.25) is 9.59 Å². The average molecular weight is 237 g/mol. The molecule has 1 aliphatic heterocycles. The molecule has 5 nitrogen and oxygen atoms in total. The summed E-state index contributed by atoms with van der Waals surface area (Å²) in [6, 6.07) is -0.451. The summed E-state index contributed by atoms with van der Waals surface area (Å²) in [7, 11) is 0. The molecule has 3 N–H and O–H groups in total. The molecule has 94 valence electrons. The van der Waals surface area contributed by atoms with E-state index in [2.05, 4.69) is 5.32 Å². The van der Waals surface area contributed by atoms with Gasteiger partial charge in [-0.1, -0.05) is 0 Å². The van der Waals surface area contributed by atoms with Gasteiger partial charge in [-0.25, -0.2) is 0 Å². The Labute approximate surface area is 101 Å². The summed E-state index contributed by atoms with van der Waals surface area (Å²) in [6.45, 7) is 1.87. The van der Waals surface area contributed by atoms with E-state index in [1.165, 1.54) is 6.42 Å². The van der Waals surface area contributed by atoms with Gasteiger partial charge in [0.2, 0.25) is 11.8 Å². The molecule has 3 atom stereocenters. The van der Waals surface area contributed by atoms with Crippen molar-refractivity contribution in [2.75, 3.05) is 19.6 Å². The quantitative estimate of drug-likeness (QED) is 0.668. The van der Waals surface area contributed by atoms with Crippen molar-refractivity contribution in [1.82, 2.24) is 10.2 Å². The Morgan fingerprint density at radius 2 is 1.88 bits per heavy atom. The van der Waals surface area contributed by atoms with E-state index >= 15 is 0 Å². The second kappa shape index (κ2) is 3.98. The molecule has 0 bridgehead atoms. The van der Waals surface area contributed by atoms with Gasteiger partial charge >= 0.3 is 0 Å². The molecule has 2 amide bonds. The molecule has 3 unspecified atom stereocenters. The van der Waals surface area contributed by atoms with Crippen molar-refractivity contribution in [3.63, 3.8) is 0 Å². The number of carbonyl (C=O) groups excluding carboxylic acids is 2. The van der Waals surface area contributed by atoms with Crippen LogP contribution in [0.1, 0.15) is 19.3 Å². The van der Waals surface area contributed by atoms with Gasteiger partial charge in [0, 0.05) is 25.6 Å². The molecule has 3 rings (SSSR count). The third kappa shape index (κ3) is 1.92. The second-order valence-corrected chi connectivity index (χ2v) is 5.58. The zero-order valence-corrected chi connectivity index (χ0v) is 9.89. The SMILES string of the molecule is NC(=O)C1CNCCN1C(=O)C1CC2CC2C1. The molecule has 0 aromatic heterocycles. The van der Waals surface area contributed by atoms with Crippen LogP contribution in [0.25, 0.3) is 0 Å². The number of rotatable bonds is 2. The lowest BCUT2D eigenvalue weighted by Gasteiger charge is -2.36. The zero-order valence-electron chi connectivity index (χ0n) is 9.89. The molecule has 0 aromatic rings. The minimum Gasteiger partial charge on any atom is -0.368 e. The van der Waals surface area contributed by atoms with Gasteiger partial charge in [0.1, 0.15) is 6.04 Å². The third-order valence-electron chi connectivity index (χ3n) is 4.45. The highest BCUT2D eigenvalue weighted by Gasteiger charge is 2.49. The van der Waals surface area contributed by atoms with Crippen molar-refractivity contribution in [2.45, 2.75) is 25.3 Å². The van der Waals surface area contributed by atoms with Crippen LogP contribution in [0.2, 0.25) is 0 Å². The first-order chi connectivity index (χ1) is 8.16. The molecule has 1 heterocycles. The molecule has 5 heteroatoms. The summed E-state index contributed by atoms with van der Waals surface area (Å²) in [5.41, 5.74) is 5.36. The van der Waals surface area contributed by atoms with E-state index in [9.17, 15) is 9.59 Å². The number of primary amides is 1. The number of piperazine rings is 1. The Morgan fingerprint density at radius 1 is 1.18 bits per heavy atom. The minimum atomic E-state index is -0.451. The molecule has 0 spiro atoms. The lowest BCUT2D eigenvalue weighted by Crippen LogP contribution is -2.59. The van der Waals surface area contributed by atoms with Crippen LogP contribution < -0.4 is 11.1 Å². The van der Waals surface area contributed by atoms with Crippen LogP contribution in [0.3, 0.4) is 0 Å². The van der Waals surface area contributed by atoms with E-state index < -0.39 is 11.9 Å². The van der Waals surface area contributed by atoms with Crippen molar-refractivity contribution in [3.8, 4) is 0 Å². The Bertz CT molecular complexity index is 348. The smallest absolute Gasteiger partial charge is 0.241 e. The van der Waals surface area contributed by atoms with E-state index in [4.69, 9.17) is 5.73 Å². The van der Waals surface area contributed by atoms with E-state index in [1.54, 1.807) is 4.90 Å². The van der Waals surface area contributed by atoms with Crippen LogP contribution in [0.15, 0.2) is 0 Å². The van der Waals surface area contributed by atoms with Crippen molar-refractivity contribution >= 4 is 11.8 Å². The third-order valence-corrected chi connectivity index (χ3v) is 4.45. The lowest BCUT2D eigenvalue weighted by molar-refractivity contribution is -0.143. The molecule has 0 aromatic carbocycles. The minimum absolute atomic E-state index is 0.152. The van der Waals surface area contributed by atoms with Gasteiger partial charge in [-0.2, -0.15) is 0 Å². The Hall–Kier alpha value is -1.10. The maximum absolute atomic E-state index is 12.4. The number of fused-ring (bicyclic) bond motifs is 1. The summed E-state index contributed by atoms with van der Waals surface area (Å²) in [6.07, 6.45) is 3.36. The summed E-state index contributed by atoms with van der Waals surface area (Å²) in [4.78, 5) is 25.4. The van der Waals surface area contributed by atoms with Crippen molar-refractivity contribution in [3.05, 3.63) is 0 Å². The van der Waals surface area contributed by atoms with Crippen molar-refractivity contribution in [2.24, 2.45) is 23.5 Å². The van der Waals surface area contributed by atoms with Crippen LogP contribution in [0.5, 0.6) is 0 Å². The number of nitrogens with one attached hydrogen (secondary N) is 1. The number of carbonyl (C=O) groups is 2.